The van der Waals surface area contributed by atoms with E-state index < -0.39 is 0 Å². The maximum Gasteiger partial charge on any atom is 0.0624 e. The third-order valence-corrected chi connectivity index (χ3v) is 3.03. The maximum atomic E-state index is 9.11. The molecule has 0 radical (unpaired) electrons. The Morgan fingerprint density at radius 1 is 1.47 bits per heavy atom. The van der Waals surface area contributed by atoms with Crippen LogP contribution in [0.3, 0.4) is 0 Å². The van der Waals surface area contributed by atoms with Crippen LogP contribution < -0.4 is 11.1 Å². The van der Waals surface area contributed by atoms with Gasteiger partial charge in [-0.1, -0.05) is 24.3 Å². The van der Waals surface area contributed by atoms with Gasteiger partial charge in [-0.2, -0.15) is 0 Å². The number of hydrogen-bond acceptors (Lipinski definition) is 3. The zero-order valence-electron chi connectivity index (χ0n) is 8.82. The van der Waals surface area contributed by atoms with Crippen LogP contribution in [0.1, 0.15) is 36.1 Å². The van der Waals surface area contributed by atoms with Gasteiger partial charge in [0.2, 0.25) is 0 Å². The third-order valence-electron chi connectivity index (χ3n) is 3.03. The summed E-state index contributed by atoms with van der Waals surface area (Å²) in [4.78, 5) is 0. The van der Waals surface area contributed by atoms with Gasteiger partial charge >= 0.3 is 0 Å². The molecule has 0 spiro atoms. The van der Waals surface area contributed by atoms with Crippen LogP contribution in [-0.4, -0.2) is 18.3 Å². The van der Waals surface area contributed by atoms with Gasteiger partial charge in [0.1, 0.15) is 0 Å². The van der Waals surface area contributed by atoms with Crippen molar-refractivity contribution >= 4 is 0 Å². The summed E-state index contributed by atoms with van der Waals surface area (Å²) < 4.78 is 0. The van der Waals surface area contributed by atoms with Crippen molar-refractivity contribution in [2.45, 2.75) is 24.9 Å². The lowest BCUT2D eigenvalue weighted by molar-refractivity contribution is 0.267. The summed E-state index contributed by atoms with van der Waals surface area (Å²) in [5.41, 5.74) is 8.20. The van der Waals surface area contributed by atoms with Crippen LogP contribution >= 0.6 is 0 Å². The van der Waals surface area contributed by atoms with Crippen molar-refractivity contribution in [1.82, 2.24) is 5.32 Å². The number of nitrogens with two attached hydrogens (primary N) is 1. The molecule has 1 fully saturated rings. The SMILES string of the molecule is NC(CO)c1ccccc1C1CCCN1. The number of hydrogen-bond donors (Lipinski definition) is 3. The molecule has 1 aliphatic rings. The molecule has 2 unspecified atom stereocenters. The second-order valence-electron chi connectivity index (χ2n) is 4.07. The highest BCUT2D eigenvalue weighted by Gasteiger charge is 2.20. The molecule has 3 heteroatoms. The largest absolute Gasteiger partial charge is 0.394 e. The van der Waals surface area contributed by atoms with E-state index >= 15 is 0 Å². The standard InChI is InChI=1S/C12H18N2O/c13-11(8-15)9-4-1-2-5-10(9)12-6-3-7-14-12/h1-2,4-5,11-12,14-15H,3,6-8,13H2. The first-order valence-corrected chi connectivity index (χ1v) is 5.51. The van der Waals surface area contributed by atoms with E-state index in [1.54, 1.807) is 0 Å². The minimum atomic E-state index is -0.261. The summed E-state index contributed by atoms with van der Waals surface area (Å²) >= 11 is 0. The number of nitrogens with one attached hydrogen (secondary N) is 1. The van der Waals surface area contributed by atoms with Gasteiger partial charge in [0.25, 0.3) is 0 Å². The van der Waals surface area contributed by atoms with Crippen LogP contribution in [0.15, 0.2) is 24.3 Å². The molecule has 0 aromatic heterocycles. The molecule has 1 saturated heterocycles. The van der Waals surface area contributed by atoms with E-state index in [1.165, 1.54) is 12.0 Å². The van der Waals surface area contributed by atoms with Crippen molar-refractivity contribution in [3.63, 3.8) is 0 Å². The van der Waals surface area contributed by atoms with Gasteiger partial charge in [0, 0.05) is 6.04 Å². The van der Waals surface area contributed by atoms with Gasteiger partial charge in [-0.15, -0.1) is 0 Å². The monoisotopic (exact) mass is 206 g/mol. The van der Waals surface area contributed by atoms with Gasteiger partial charge < -0.3 is 16.2 Å². The molecule has 0 amide bonds. The molecule has 2 rings (SSSR count). The average molecular weight is 206 g/mol. The van der Waals surface area contributed by atoms with E-state index in [4.69, 9.17) is 10.8 Å². The Balaban J connectivity index is 2.28. The molecule has 1 aromatic rings. The van der Waals surface area contributed by atoms with E-state index in [2.05, 4.69) is 11.4 Å². The molecular formula is C12H18N2O. The Morgan fingerprint density at radius 2 is 2.27 bits per heavy atom. The average Bonchev–Trinajstić information content (AvgIpc) is 2.81. The summed E-state index contributed by atoms with van der Waals surface area (Å²) in [7, 11) is 0. The Labute approximate surface area is 90.3 Å². The van der Waals surface area contributed by atoms with Gasteiger partial charge in [0.05, 0.1) is 12.6 Å². The van der Waals surface area contributed by atoms with Crippen molar-refractivity contribution < 1.29 is 5.11 Å². The van der Waals surface area contributed by atoms with Crippen LogP contribution in [0, 0.1) is 0 Å². The van der Waals surface area contributed by atoms with E-state index in [-0.39, 0.29) is 12.6 Å². The fraction of sp³-hybridized carbons (Fsp3) is 0.500. The normalized spacial score (nSPS) is 22.9. The van der Waals surface area contributed by atoms with E-state index in [1.807, 2.05) is 18.2 Å². The molecule has 1 aliphatic heterocycles. The molecule has 3 nitrogen and oxygen atoms in total. The molecular weight excluding hydrogens is 188 g/mol. The summed E-state index contributed by atoms with van der Waals surface area (Å²) in [6.45, 7) is 1.08. The minimum absolute atomic E-state index is 0.00370. The smallest absolute Gasteiger partial charge is 0.0624 e. The molecule has 0 saturated carbocycles. The van der Waals surface area contributed by atoms with E-state index in [0.29, 0.717) is 6.04 Å². The second-order valence-corrected chi connectivity index (χ2v) is 4.07. The Kier molecular flexibility index (Phi) is 3.36. The van der Waals surface area contributed by atoms with Crippen LogP contribution in [0.5, 0.6) is 0 Å². The molecule has 4 N–H and O–H groups in total. The van der Waals surface area contributed by atoms with Crippen LogP contribution in [0.2, 0.25) is 0 Å². The fourth-order valence-corrected chi connectivity index (χ4v) is 2.21. The lowest BCUT2D eigenvalue weighted by Crippen LogP contribution is -2.21. The number of aliphatic hydroxyl groups is 1. The maximum absolute atomic E-state index is 9.11. The predicted molar refractivity (Wildman–Crippen MR) is 60.4 cm³/mol. The zero-order valence-corrected chi connectivity index (χ0v) is 8.82. The van der Waals surface area contributed by atoms with E-state index in [0.717, 1.165) is 18.5 Å². The minimum Gasteiger partial charge on any atom is -0.394 e. The molecule has 1 aromatic carbocycles. The highest BCUT2D eigenvalue weighted by molar-refractivity contribution is 5.33. The van der Waals surface area contributed by atoms with Gasteiger partial charge in [-0.05, 0) is 30.5 Å². The van der Waals surface area contributed by atoms with Gasteiger partial charge in [-0.3, -0.25) is 0 Å². The second kappa shape index (κ2) is 4.75. The van der Waals surface area contributed by atoms with Crippen LogP contribution in [-0.2, 0) is 0 Å². The zero-order chi connectivity index (χ0) is 10.7. The topological polar surface area (TPSA) is 58.3 Å². The Morgan fingerprint density at radius 3 is 2.93 bits per heavy atom. The first kappa shape index (κ1) is 10.6. The molecule has 2 atom stereocenters. The molecule has 0 bridgehead atoms. The highest BCUT2D eigenvalue weighted by Crippen LogP contribution is 2.28. The van der Waals surface area contributed by atoms with E-state index in [9.17, 15) is 0 Å². The van der Waals surface area contributed by atoms with Crippen molar-refractivity contribution in [1.29, 1.82) is 0 Å². The fourth-order valence-electron chi connectivity index (χ4n) is 2.21. The molecule has 15 heavy (non-hydrogen) atoms. The first-order valence-electron chi connectivity index (χ1n) is 5.51. The number of aliphatic hydroxyl groups excluding tert-OH is 1. The van der Waals surface area contributed by atoms with Crippen LogP contribution in [0.4, 0.5) is 0 Å². The molecule has 1 heterocycles. The Bertz CT molecular complexity index is 321. The van der Waals surface area contributed by atoms with Crippen molar-refractivity contribution in [3.05, 3.63) is 35.4 Å². The lowest BCUT2D eigenvalue weighted by atomic mass is 9.95. The highest BCUT2D eigenvalue weighted by atomic mass is 16.3. The van der Waals surface area contributed by atoms with Crippen molar-refractivity contribution in [3.8, 4) is 0 Å². The van der Waals surface area contributed by atoms with Gasteiger partial charge in [-0.25, -0.2) is 0 Å². The lowest BCUT2D eigenvalue weighted by Gasteiger charge is -2.19. The van der Waals surface area contributed by atoms with Crippen LogP contribution in [0.25, 0.3) is 0 Å². The van der Waals surface area contributed by atoms with Crippen molar-refractivity contribution in [2.75, 3.05) is 13.2 Å². The van der Waals surface area contributed by atoms with Crippen molar-refractivity contribution in [2.24, 2.45) is 5.73 Å². The summed E-state index contributed by atoms with van der Waals surface area (Å²) in [5, 5.41) is 12.6. The summed E-state index contributed by atoms with van der Waals surface area (Å²) in [6.07, 6.45) is 2.38. The third kappa shape index (κ3) is 2.20. The summed E-state index contributed by atoms with van der Waals surface area (Å²) in [5.74, 6) is 0. The predicted octanol–water partition coefficient (Wildman–Crippen LogP) is 1.10. The molecule has 0 aliphatic carbocycles. The number of rotatable bonds is 3. The first-order chi connectivity index (χ1) is 7.33. The molecule has 82 valence electrons. The van der Waals surface area contributed by atoms with Gasteiger partial charge in [0.15, 0.2) is 0 Å². The summed E-state index contributed by atoms with van der Waals surface area (Å²) in [6, 6.07) is 8.28. The number of benzene rings is 1. The Hall–Kier alpha value is -0.900. The quantitative estimate of drug-likeness (QED) is 0.694.